The third kappa shape index (κ3) is 3.55. The van der Waals surface area contributed by atoms with E-state index in [2.05, 4.69) is 5.32 Å². The number of carbonyl (C=O) groups is 1. The number of nitrogens with one attached hydrogen (secondary N) is 1. The Morgan fingerprint density at radius 2 is 1.72 bits per heavy atom. The minimum absolute atomic E-state index is 0.0449. The van der Waals surface area contributed by atoms with Gasteiger partial charge in [0.1, 0.15) is 12.2 Å². The lowest BCUT2D eigenvalue weighted by Gasteiger charge is -2.22. The van der Waals surface area contributed by atoms with E-state index in [4.69, 9.17) is 0 Å². The van der Waals surface area contributed by atoms with Crippen molar-refractivity contribution in [1.82, 2.24) is 5.32 Å². The van der Waals surface area contributed by atoms with Gasteiger partial charge in [0.25, 0.3) is 0 Å². The average Bonchev–Trinajstić information content (AvgIpc) is 2.24. The molecule has 0 aliphatic heterocycles. The summed E-state index contributed by atoms with van der Waals surface area (Å²) < 4.78 is 0. The number of aryl methyl sites for hydroxylation is 3. The van der Waals surface area contributed by atoms with Crippen LogP contribution in [0.5, 0.6) is 0 Å². The van der Waals surface area contributed by atoms with Crippen LogP contribution in [0.1, 0.15) is 35.3 Å². The Morgan fingerprint density at radius 1 is 1.22 bits per heavy atom. The molecule has 0 aliphatic rings. The Kier molecular flexibility index (Phi) is 4.87. The number of aliphatic hydroxyl groups excluding tert-OH is 2. The van der Waals surface area contributed by atoms with Crippen molar-refractivity contribution in [2.45, 2.75) is 39.9 Å². The van der Waals surface area contributed by atoms with E-state index in [-0.39, 0.29) is 12.5 Å². The summed E-state index contributed by atoms with van der Waals surface area (Å²) in [7, 11) is 0. The van der Waals surface area contributed by atoms with Crippen LogP contribution in [-0.4, -0.2) is 28.8 Å². The van der Waals surface area contributed by atoms with Crippen molar-refractivity contribution in [3.63, 3.8) is 0 Å². The summed E-state index contributed by atoms with van der Waals surface area (Å²) in [5.41, 5.74) is 3.75. The lowest BCUT2D eigenvalue weighted by atomic mass is 9.93. The van der Waals surface area contributed by atoms with Crippen molar-refractivity contribution in [2.24, 2.45) is 0 Å². The fraction of sp³-hybridized carbons (Fsp3) is 0.500. The topological polar surface area (TPSA) is 69.6 Å². The number of aliphatic hydroxyl groups is 2. The normalized spacial score (nSPS) is 14.1. The van der Waals surface area contributed by atoms with Crippen molar-refractivity contribution in [3.05, 3.63) is 34.4 Å². The molecule has 0 fully saturated rings. The quantitative estimate of drug-likeness (QED) is 0.751. The lowest BCUT2D eigenvalue weighted by molar-refractivity contribution is -0.119. The molecule has 2 unspecified atom stereocenters. The summed E-state index contributed by atoms with van der Waals surface area (Å²) in [5.74, 6) is -0.224. The molecule has 0 aromatic heterocycles. The second-order valence-corrected chi connectivity index (χ2v) is 4.76. The van der Waals surface area contributed by atoms with E-state index in [9.17, 15) is 15.0 Å². The molecule has 0 bridgehead atoms. The van der Waals surface area contributed by atoms with Gasteiger partial charge in [0.05, 0.1) is 0 Å². The average molecular weight is 251 g/mol. The predicted octanol–water partition coefficient (Wildman–Crippen LogP) is 1.14. The molecule has 0 saturated carbocycles. The van der Waals surface area contributed by atoms with Crippen molar-refractivity contribution in [3.8, 4) is 0 Å². The van der Waals surface area contributed by atoms with Gasteiger partial charge in [0.15, 0.2) is 0 Å². The second kappa shape index (κ2) is 5.98. The third-order valence-corrected chi connectivity index (χ3v) is 2.96. The number of benzene rings is 1. The first-order valence-corrected chi connectivity index (χ1v) is 6.01. The zero-order chi connectivity index (χ0) is 13.9. The number of carbonyl (C=O) groups excluding carboxylic acids is 1. The van der Waals surface area contributed by atoms with Crippen molar-refractivity contribution in [2.75, 3.05) is 6.54 Å². The molecule has 4 heteroatoms. The molecule has 3 N–H and O–H groups in total. The minimum atomic E-state index is -1.01. The van der Waals surface area contributed by atoms with Gasteiger partial charge in [-0.25, -0.2) is 0 Å². The van der Waals surface area contributed by atoms with Gasteiger partial charge >= 0.3 is 0 Å². The summed E-state index contributed by atoms with van der Waals surface area (Å²) in [5, 5.41) is 22.5. The molecule has 2 atom stereocenters. The van der Waals surface area contributed by atoms with Crippen LogP contribution < -0.4 is 5.32 Å². The summed E-state index contributed by atoms with van der Waals surface area (Å²) in [6, 6.07) is 3.94. The van der Waals surface area contributed by atoms with Crippen LogP contribution in [0.3, 0.4) is 0 Å². The molecule has 0 saturated heterocycles. The standard InChI is InChI=1S/C14H21NO3/c1-8-5-9(2)13(10(3)6-8)14(18)12(17)7-15-11(4)16/h5-6,12,14,17-18H,7H2,1-4H3,(H,15,16). The van der Waals surface area contributed by atoms with Gasteiger partial charge in [-0.2, -0.15) is 0 Å². The summed E-state index contributed by atoms with van der Waals surface area (Å²) in [4.78, 5) is 10.8. The highest BCUT2D eigenvalue weighted by Gasteiger charge is 2.22. The minimum Gasteiger partial charge on any atom is -0.388 e. The molecular formula is C14H21NO3. The van der Waals surface area contributed by atoms with E-state index in [1.54, 1.807) is 0 Å². The van der Waals surface area contributed by atoms with Crippen LogP contribution in [0.25, 0.3) is 0 Å². The van der Waals surface area contributed by atoms with Gasteiger partial charge in [0.2, 0.25) is 5.91 Å². The van der Waals surface area contributed by atoms with E-state index in [1.807, 2.05) is 32.9 Å². The molecule has 100 valence electrons. The molecule has 4 nitrogen and oxygen atoms in total. The lowest BCUT2D eigenvalue weighted by Crippen LogP contribution is -2.34. The van der Waals surface area contributed by atoms with E-state index >= 15 is 0 Å². The molecular weight excluding hydrogens is 230 g/mol. The number of rotatable bonds is 4. The van der Waals surface area contributed by atoms with E-state index in [0.29, 0.717) is 0 Å². The first-order valence-electron chi connectivity index (χ1n) is 6.01. The van der Waals surface area contributed by atoms with Crippen molar-refractivity contribution in [1.29, 1.82) is 0 Å². The predicted molar refractivity (Wildman–Crippen MR) is 70.3 cm³/mol. The number of hydrogen-bond acceptors (Lipinski definition) is 3. The summed E-state index contributed by atoms with van der Waals surface area (Å²) in [6.45, 7) is 7.22. The van der Waals surface area contributed by atoms with Gasteiger partial charge in [-0.1, -0.05) is 17.7 Å². The fourth-order valence-electron chi connectivity index (χ4n) is 2.21. The van der Waals surface area contributed by atoms with E-state index in [1.165, 1.54) is 6.92 Å². The smallest absolute Gasteiger partial charge is 0.216 e. The van der Waals surface area contributed by atoms with Crippen LogP contribution in [0.2, 0.25) is 0 Å². The Labute approximate surface area is 108 Å². The van der Waals surface area contributed by atoms with Crippen LogP contribution in [0.4, 0.5) is 0 Å². The van der Waals surface area contributed by atoms with Crippen LogP contribution in [0.15, 0.2) is 12.1 Å². The molecule has 0 spiro atoms. The first kappa shape index (κ1) is 14.7. The maximum atomic E-state index is 10.8. The Hall–Kier alpha value is -1.39. The van der Waals surface area contributed by atoms with Crippen LogP contribution >= 0.6 is 0 Å². The van der Waals surface area contributed by atoms with E-state index < -0.39 is 12.2 Å². The van der Waals surface area contributed by atoms with E-state index in [0.717, 1.165) is 22.3 Å². The first-order chi connectivity index (χ1) is 8.32. The molecule has 1 aromatic rings. The molecule has 0 heterocycles. The highest BCUT2D eigenvalue weighted by atomic mass is 16.3. The van der Waals surface area contributed by atoms with Crippen LogP contribution in [-0.2, 0) is 4.79 Å². The van der Waals surface area contributed by atoms with Crippen molar-refractivity contribution >= 4 is 5.91 Å². The SMILES string of the molecule is CC(=O)NCC(O)C(O)c1c(C)cc(C)cc1C. The molecule has 0 aliphatic carbocycles. The molecule has 0 radical (unpaired) electrons. The fourth-order valence-corrected chi connectivity index (χ4v) is 2.21. The maximum Gasteiger partial charge on any atom is 0.216 e. The van der Waals surface area contributed by atoms with Gasteiger partial charge in [0, 0.05) is 13.5 Å². The zero-order valence-electron chi connectivity index (χ0n) is 11.3. The molecule has 18 heavy (non-hydrogen) atoms. The molecule has 1 aromatic carbocycles. The third-order valence-electron chi connectivity index (χ3n) is 2.96. The summed E-state index contributed by atoms with van der Waals surface area (Å²) >= 11 is 0. The zero-order valence-corrected chi connectivity index (χ0v) is 11.3. The van der Waals surface area contributed by atoms with Gasteiger partial charge < -0.3 is 15.5 Å². The monoisotopic (exact) mass is 251 g/mol. The van der Waals surface area contributed by atoms with Crippen LogP contribution in [0, 0.1) is 20.8 Å². The number of amides is 1. The molecule has 1 rings (SSSR count). The van der Waals surface area contributed by atoms with Gasteiger partial charge in [-0.05, 0) is 37.5 Å². The Morgan fingerprint density at radius 3 is 2.17 bits per heavy atom. The summed E-state index contributed by atoms with van der Waals surface area (Å²) in [6.07, 6.45) is -1.99. The van der Waals surface area contributed by atoms with Gasteiger partial charge in [-0.3, -0.25) is 4.79 Å². The Bertz CT molecular complexity index is 420. The number of hydrogen-bond donors (Lipinski definition) is 3. The van der Waals surface area contributed by atoms with Crippen molar-refractivity contribution < 1.29 is 15.0 Å². The highest BCUT2D eigenvalue weighted by Crippen LogP contribution is 2.25. The molecule has 1 amide bonds. The Balaban J connectivity index is 2.89. The largest absolute Gasteiger partial charge is 0.388 e. The second-order valence-electron chi connectivity index (χ2n) is 4.76. The maximum absolute atomic E-state index is 10.8. The highest BCUT2D eigenvalue weighted by molar-refractivity contribution is 5.72. The van der Waals surface area contributed by atoms with Gasteiger partial charge in [-0.15, -0.1) is 0 Å².